The van der Waals surface area contributed by atoms with Crippen molar-refractivity contribution in [2.24, 2.45) is 15.9 Å². The Balaban J connectivity index is 1.61. The Morgan fingerprint density at radius 2 is 0.684 bits per heavy atom. The lowest BCUT2D eigenvalue weighted by atomic mass is 10.00. The SMILES string of the molecule is CCCCCCCCCCOc1ccc(C=Nc2ccc(-c3ccc(N=Cc4ccc(C(CCCO)OC(=O)C(C)CC)c(OCCCCCCCCCC)c4OCCCCCCCCCC)cc3)cc2)c(OCCCCCCCCCC)c1OCCCCCCCCCC. The van der Waals surface area contributed by atoms with Gasteiger partial charge in [0.05, 0.1) is 50.3 Å². The number of carbonyl (C=O) groups excluding carboxylic acids is 1. The van der Waals surface area contributed by atoms with E-state index in [-0.39, 0.29) is 18.5 Å². The van der Waals surface area contributed by atoms with Crippen LogP contribution in [0.1, 0.15) is 347 Å². The van der Waals surface area contributed by atoms with Crippen molar-refractivity contribution in [2.75, 3.05) is 39.6 Å². The molecule has 0 aliphatic heterocycles. The molecule has 0 spiro atoms. The molecule has 0 fully saturated rings. The van der Waals surface area contributed by atoms with Gasteiger partial charge in [-0.2, -0.15) is 0 Å². The summed E-state index contributed by atoms with van der Waals surface area (Å²) in [4.78, 5) is 23.6. The molecule has 4 rings (SSSR count). The Kier molecular flexibility index (Phi) is 48.1. The Labute approximate surface area is 580 Å². The van der Waals surface area contributed by atoms with Crippen molar-refractivity contribution < 1.29 is 38.3 Å². The lowest BCUT2D eigenvalue weighted by Gasteiger charge is -2.25. The first kappa shape index (κ1) is 82.1. The number of ether oxygens (including phenoxy) is 6. The Bertz CT molecular complexity index is 2560. The number of hydrogen-bond donors (Lipinski definition) is 1. The first-order valence-electron chi connectivity index (χ1n) is 39.4. The molecule has 0 saturated carbocycles. The molecular formula is C85H136N2O8. The third kappa shape index (κ3) is 36.2. The highest BCUT2D eigenvalue weighted by Crippen LogP contribution is 2.43. The van der Waals surface area contributed by atoms with Crippen molar-refractivity contribution in [3.05, 3.63) is 89.5 Å². The average Bonchev–Trinajstić information content (AvgIpc) is 1.16. The molecular weight excluding hydrogens is 1180 g/mol. The van der Waals surface area contributed by atoms with E-state index in [2.05, 4.69) is 95.3 Å². The van der Waals surface area contributed by atoms with Gasteiger partial charge < -0.3 is 33.5 Å². The second-order valence-electron chi connectivity index (χ2n) is 27.0. The molecule has 10 nitrogen and oxygen atoms in total. The van der Waals surface area contributed by atoms with Crippen LogP contribution in [0.25, 0.3) is 11.1 Å². The summed E-state index contributed by atoms with van der Waals surface area (Å²) in [6.45, 7) is 18.2. The zero-order valence-electron chi connectivity index (χ0n) is 61.6. The van der Waals surface area contributed by atoms with E-state index in [1.165, 1.54) is 199 Å². The van der Waals surface area contributed by atoms with Crippen LogP contribution >= 0.6 is 0 Å². The molecule has 0 aromatic heterocycles. The molecule has 0 aliphatic rings. The lowest BCUT2D eigenvalue weighted by molar-refractivity contribution is -0.154. The Morgan fingerprint density at radius 1 is 0.368 bits per heavy atom. The maximum atomic E-state index is 13.5. The third-order valence-corrected chi connectivity index (χ3v) is 18.5. The molecule has 534 valence electrons. The topological polar surface area (TPSA) is 117 Å². The van der Waals surface area contributed by atoms with Crippen LogP contribution in [0.3, 0.4) is 0 Å². The second-order valence-corrected chi connectivity index (χ2v) is 27.0. The quantitative estimate of drug-likeness (QED) is 0.0264. The van der Waals surface area contributed by atoms with Gasteiger partial charge in [0, 0.05) is 35.7 Å². The van der Waals surface area contributed by atoms with Gasteiger partial charge in [0.1, 0.15) is 6.10 Å². The Morgan fingerprint density at radius 3 is 1.04 bits per heavy atom. The zero-order chi connectivity index (χ0) is 67.9. The van der Waals surface area contributed by atoms with Crippen molar-refractivity contribution in [2.45, 2.75) is 331 Å². The van der Waals surface area contributed by atoms with E-state index in [0.29, 0.717) is 69.5 Å². The highest BCUT2D eigenvalue weighted by atomic mass is 16.6. The van der Waals surface area contributed by atoms with E-state index < -0.39 is 6.10 Å². The first-order chi connectivity index (χ1) is 46.8. The Hall–Kier alpha value is -5.35. The van der Waals surface area contributed by atoms with E-state index >= 15 is 0 Å². The van der Waals surface area contributed by atoms with E-state index in [9.17, 15) is 9.90 Å². The average molecular weight is 1310 g/mol. The number of hydrogen-bond acceptors (Lipinski definition) is 10. The highest BCUT2D eigenvalue weighted by molar-refractivity contribution is 5.89. The summed E-state index contributed by atoms with van der Waals surface area (Å²) in [7, 11) is 0. The number of aliphatic hydroxyl groups is 1. The molecule has 0 radical (unpaired) electrons. The van der Waals surface area contributed by atoms with E-state index in [0.717, 1.165) is 108 Å². The van der Waals surface area contributed by atoms with Gasteiger partial charge in [-0.05, 0) is 105 Å². The van der Waals surface area contributed by atoms with Gasteiger partial charge >= 0.3 is 5.97 Å². The zero-order valence-corrected chi connectivity index (χ0v) is 61.6. The number of carbonyl (C=O) groups is 1. The smallest absolute Gasteiger partial charge is 0.309 e. The second kappa shape index (κ2) is 55.6. The molecule has 4 aromatic carbocycles. The lowest BCUT2D eigenvalue weighted by Crippen LogP contribution is -2.19. The molecule has 0 amide bonds. The van der Waals surface area contributed by atoms with Gasteiger partial charge in [-0.1, -0.05) is 304 Å². The monoisotopic (exact) mass is 1310 g/mol. The molecule has 0 aliphatic carbocycles. The van der Waals surface area contributed by atoms with Gasteiger partial charge in [-0.15, -0.1) is 0 Å². The number of unbranched alkanes of at least 4 members (excludes halogenated alkanes) is 35. The van der Waals surface area contributed by atoms with Crippen LogP contribution < -0.4 is 23.7 Å². The van der Waals surface area contributed by atoms with Gasteiger partial charge in [0.15, 0.2) is 23.0 Å². The van der Waals surface area contributed by atoms with E-state index in [1.54, 1.807) is 0 Å². The summed E-state index contributed by atoms with van der Waals surface area (Å²) in [5.41, 5.74) is 6.28. The summed E-state index contributed by atoms with van der Waals surface area (Å²) in [5, 5.41) is 10.0. The van der Waals surface area contributed by atoms with Crippen LogP contribution in [-0.4, -0.2) is 63.1 Å². The summed E-state index contributed by atoms with van der Waals surface area (Å²) in [6, 6.07) is 24.9. The highest BCUT2D eigenvalue weighted by Gasteiger charge is 2.27. The minimum atomic E-state index is -0.599. The summed E-state index contributed by atoms with van der Waals surface area (Å²) in [6.07, 6.45) is 53.8. The number of rotatable bonds is 62. The van der Waals surface area contributed by atoms with Crippen LogP contribution in [0, 0.1) is 5.92 Å². The molecule has 1 N–H and O–H groups in total. The predicted octanol–water partition coefficient (Wildman–Crippen LogP) is 25.9. The van der Waals surface area contributed by atoms with Gasteiger partial charge in [-0.3, -0.25) is 14.8 Å². The van der Waals surface area contributed by atoms with Crippen molar-refractivity contribution in [3.63, 3.8) is 0 Å². The largest absolute Gasteiger partial charge is 0.490 e. The minimum absolute atomic E-state index is 0.00412. The molecule has 2 unspecified atom stereocenters. The minimum Gasteiger partial charge on any atom is -0.490 e. The molecule has 10 heteroatoms. The molecule has 0 saturated heterocycles. The van der Waals surface area contributed by atoms with Crippen molar-refractivity contribution in [1.29, 1.82) is 0 Å². The number of aliphatic imine (C=N–C) groups is 2. The van der Waals surface area contributed by atoms with Crippen molar-refractivity contribution >= 4 is 29.8 Å². The van der Waals surface area contributed by atoms with Gasteiger partial charge in [-0.25, -0.2) is 0 Å². The van der Waals surface area contributed by atoms with Crippen molar-refractivity contribution in [3.8, 4) is 39.9 Å². The molecule has 0 bridgehead atoms. The van der Waals surface area contributed by atoms with Gasteiger partial charge in [0.2, 0.25) is 5.75 Å². The van der Waals surface area contributed by atoms with Crippen LogP contribution in [0.15, 0.2) is 82.8 Å². The maximum absolute atomic E-state index is 13.5. The summed E-state index contributed by atoms with van der Waals surface area (Å²) in [5.74, 6) is 2.94. The molecule has 4 aromatic rings. The van der Waals surface area contributed by atoms with Gasteiger partial charge in [0.25, 0.3) is 0 Å². The van der Waals surface area contributed by atoms with Crippen LogP contribution in [0.4, 0.5) is 11.4 Å². The number of nitrogens with zero attached hydrogens (tertiary/aromatic N) is 2. The van der Waals surface area contributed by atoms with Crippen LogP contribution in [-0.2, 0) is 9.53 Å². The summed E-state index contributed by atoms with van der Waals surface area (Å²) >= 11 is 0. The van der Waals surface area contributed by atoms with Crippen LogP contribution in [0.5, 0.6) is 28.7 Å². The predicted molar refractivity (Wildman–Crippen MR) is 404 cm³/mol. The fraction of sp³-hybridized carbons (Fsp3) is 0.682. The normalized spacial score (nSPS) is 12.3. The fourth-order valence-corrected chi connectivity index (χ4v) is 12.1. The van der Waals surface area contributed by atoms with Crippen molar-refractivity contribution in [1.82, 2.24) is 0 Å². The number of benzene rings is 4. The van der Waals surface area contributed by atoms with E-state index in [4.69, 9.17) is 38.4 Å². The van der Waals surface area contributed by atoms with Crippen LogP contribution in [0.2, 0.25) is 0 Å². The fourth-order valence-electron chi connectivity index (χ4n) is 12.1. The maximum Gasteiger partial charge on any atom is 0.309 e. The number of esters is 1. The summed E-state index contributed by atoms with van der Waals surface area (Å²) < 4.78 is 40.1. The molecule has 2 atom stereocenters. The number of aliphatic hydroxyl groups excluding tert-OH is 1. The standard InChI is InChI=1S/C85H136N2O8/c1-8-14-19-24-29-34-39-44-64-90-80-62-56-75(82(92-66-46-41-36-31-26-21-16-10-3)84(80)94-68-48-43-38-33-28-23-18-12-5)70-87-77-59-53-73(54-60-77)72-51-57-76(58-52-72)86-69-74-55-61-78(79(50-49-63-88)95-85(89)71(7)13-6)83(93-67-47-42-37-32-27-22-17-11-4)81(74)91-65-45-40-35-30-25-20-15-9-2/h51-62,69-71,79,88H,8-50,63-68H2,1-7H3. The first-order valence-corrected chi connectivity index (χ1v) is 39.4. The molecule has 95 heavy (non-hydrogen) atoms. The molecule has 0 heterocycles. The van der Waals surface area contributed by atoms with E-state index in [1.807, 2.05) is 38.4 Å². The third-order valence-electron chi connectivity index (χ3n) is 18.5.